The summed E-state index contributed by atoms with van der Waals surface area (Å²) in [6, 6.07) is 1.91. The van der Waals surface area contributed by atoms with Crippen molar-refractivity contribution in [1.82, 2.24) is 14.4 Å². The van der Waals surface area contributed by atoms with Gasteiger partial charge >= 0.3 is 6.18 Å². The highest BCUT2D eigenvalue weighted by Gasteiger charge is 2.34. The maximum Gasteiger partial charge on any atom is 0.421 e. The van der Waals surface area contributed by atoms with Crippen LogP contribution in [0.5, 0.6) is 0 Å². The molecular formula is C20H28F3N3O2. The molecule has 5 nitrogen and oxygen atoms in total. The first-order valence-corrected chi connectivity index (χ1v) is 10.1. The third-order valence-electron chi connectivity index (χ3n) is 5.81. The molecule has 0 aromatic carbocycles. The molecule has 0 radical (unpaired) electrons. The summed E-state index contributed by atoms with van der Waals surface area (Å²) in [6.45, 7) is 3.55. The Hall–Kier alpha value is -1.83. The summed E-state index contributed by atoms with van der Waals surface area (Å²) in [5, 5.41) is 0. The van der Waals surface area contributed by atoms with Gasteiger partial charge in [-0.1, -0.05) is 19.3 Å². The highest BCUT2D eigenvalue weighted by atomic mass is 19.4. The second kappa shape index (κ2) is 9.11. The lowest BCUT2D eigenvalue weighted by atomic mass is 9.89. The highest BCUT2D eigenvalue weighted by Crippen LogP contribution is 2.26. The normalized spacial score (nSPS) is 20.2. The number of halogens is 3. The monoisotopic (exact) mass is 399 g/mol. The van der Waals surface area contributed by atoms with Crippen molar-refractivity contribution in [1.29, 1.82) is 0 Å². The van der Waals surface area contributed by atoms with Gasteiger partial charge in [-0.05, 0) is 43.9 Å². The Morgan fingerprint density at radius 2 is 1.79 bits per heavy atom. The molecular weight excluding hydrogens is 371 g/mol. The van der Waals surface area contributed by atoms with E-state index in [1.165, 1.54) is 38.3 Å². The quantitative estimate of drug-likeness (QED) is 0.782. The number of hydrogen-bond donors (Lipinski definition) is 0. The molecule has 2 fully saturated rings. The minimum Gasteiger partial charge on any atom is -0.340 e. The minimum atomic E-state index is -4.72. The second-order valence-electron chi connectivity index (χ2n) is 7.89. The molecule has 2 heterocycles. The molecule has 0 N–H and O–H groups in total. The topological polar surface area (TPSA) is 45.6 Å². The fraction of sp³-hybridized carbons (Fsp3) is 0.700. The highest BCUT2D eigenvalue weighted by molar-refractivity contribution is 5.76. The molecule has 0 bridgehead atoms. The SMILES string of the molecule is O=C(Cn1cccc(C(F)(F)F)c1=O)N1CCCN(CC2CCCCC2)CC1. The molecule has 1 aromatic heterocycles. The first kappa shape index (κ1) is 20.9. The van der Waals surface area contributed by atoms with Gasteiger partial charge in [0.2, 0.25) is 5.91 Å². The molecule has 3 rings (SSSR count). The van der Waals surface area contributed by atoms with E-state index in [9.17, 15) is 22.8 Å². The van der Waals surface area contributed by atoms with Crippen molar-refractivity contribution in [2.45, 2.75) is 51.2 Å². The lowest BCUT2D eigenvalue weighted by molar-refractivity contribution is -0.139. The van der Waals surface area contributed by atoms with Crippen molar-refractivity contribution >= 4 is 5.91 Å². The third kappa shape index (κ3) is 5.37. The average molecular weight is 399 g/mol. The lowest BCUT2D eigenvalue weighted by Gasteiger charge is -2.28. The molecule has 0 spiro atoms. The van der Waals surface area contributed by atoms with Crippen molar-refractivity contribution < 1.29 is 18.0 Å². The van der Waals surface area contributed by atoms with Gasteiger partial charge in [0.25, 0.3) is 5.56 Å². The largest absolute Gasteiger partial charge is 0.421 e. The van der Waals surface area contributed by atoms with Crippen molar-refractivity contribution in [2.24, 2.45) is 5.92 Å². The summed E-state index contributed by atoms with van der Waals surface area (Å²) in [5.74, 6) is 0.431. The summed E-state index contributed by atoms with van der Waals surface area (Å²) >= 11 is 0. The Kier molecular flexibility index (Phi) is 6.80. The molecule has 1 aliphatic carbocycles. The molecule has 1 amide bonds. The van der Waals surface area contributed by atoms with Gasteiger partial charge in [-0.3, -0.25) is 9.59 Å². The summed E-state index contributed by atoms with van der Waals surface area (Å²) < 4.78 is 39.5. The molecule has 0 atom stereocenters. The minimum absolute atomic E-state index is 0.305. The molecule has 2 aliphatic rings. The number of pyridine rings is 1. The van der Waals surface area contributed by atoms with Crippen LogP contribution in [0.1, 0.15) is 44.1 Å². The van der Waals surface area contributed by atoms with Crippen LogP contribution in [0.4, 0.5) is 13.2 Å². The zero-order chi connectivity index (χ0) is 20.1. The lowest BCUT2D eigenvalue weighted by Crippen LogP contribution is -2.40. The van der Waals surface area contributed by atoms with Crippen LogP contribution in [0.15, 0.2) is 23.1 Å². The number of alkyl halides is 3. The van der Waals surface area contributed by atoms with Crippen LogP contribution in [0.3, 0.4) is 0 Å². The van der Waals surface area contributed by atoms with E-state index < -0.39 is 17.3 Å². The number of aromatic nitrogens is 1. The third-order valence-corrected chi connectivity index (χ3v) is 5.81. The second-order valence-corrected chi connectivity index (χ2v) is 7.89. The number of hydrogen-bond acceptors (Lipinski definition) is 3. The van der Waals surface area contributed by atoms with Crippen LogP contribution in [0.25, 0.3) is 0 Å². The zero-order valence-corrected chi connectivity index (χ0v) is 16.1. The number of carbonyl (C=O) groups is 1. The molecule has 1 aromatic rings. The Balaban J connectivity index is 1.57. The van der Waals surface area contributed by atoms with E-state index >= 15 is 0 Å². The number of amides is 1. The summed E-state index contributed by atoms with van der Waals surface area (Å²) in [4.78, 5) is 28.7. The van der Waals surface area contributed by atoms with Crippen LogP contribution >= 0.6 is 0 Å². The van der Waals surface area contributed by atoms with Crippen LogP contribution < -0.4 is 5.56 Å². The van der Waals surface area contributed by atoms with Crippen molar-refractivity contribution in [2.75, 3.05) is 32.7 Å². The molecule has 156 valence electrons. The van der Waals surface area contributed by atoms with E-state index in [0.717, 1.165) is 48.7 Å². The predicted molar refractivity (Wildman–Crippen MR) is 99.9 cm³/mol. The Morgan fingerprint density at radius 3 is 2.50 bits per heavy atom. The summed E-state index contributed by atoms with van der Waals surface area (Å²) in [5.41, 5.74) is -2.41. The number of rotatable bonds is 4. The Bertz CT molecular complexity index is 726. The van der Waals surface area contributed by atoms with Crippen molar-refractivity contribution in [3.8, 4) is 0 Å². The van der Waals surface area contributed by atoms with Crippen LogP contribution in [-0.4, -0.2) is 53.0 Å². The van der Waals surface area contributed by atoms with Gasteiger partial charge in [0.1, 0.15) is 12.1 Å². The van der Waals surface area contributed by atoms with Crippen molar-refractivity contribution in [3.63, 3.8) is 0 Å². The van der Waals surface area contributed by atoms with Gasteiger partial charge in [0.15, 0.2) is 0 Å². The van der Waals surface area contributed by atoms with Gasteiger partial charge in [-0.15, -0.1) is 0 Å². The van der Waals surface area contributed by atoms with Crippen LogP contribution in [-0.2, 0) is 17.5 Å². The van der Waals surface area contributed by atoms with Gasteiger partial charge in [0.05, 0.1) is 0 Å². The van der Waals surface area contributed by atoms with E-state index in [0.29, 0.717) is 13.1 Å². The smallest absolute Gasteiger partial charge is 0.340 e. The first-order valence-electron chi connectivity index (χ1n) is 10.1. The molecule has 28 heavy (non-hydrogen) atoms. The fourth-order valence-corrected chi connectivity index (χ4v) is 4.26. The van der Waals surface area contributed by atoms with Gasteiger partial charge in [-0.25, -0.2) is 0 Å². The van der Waals surface area contributed by atoms with E-state index in [-0.39, 0.29) is 12.5 Å². The fourth-order valence-electron chi connectivity index (χ4n) is 4.26. The van der Waals surface area contributed by atoms with Crippen LogP contribution in [0.2, 0.25) is 0 Å². The maximum atomic E-state index is 12.9. The Morgan fingerprint density at radius 1 is 1.04 bits per heavy atom. The summed E-state index contributed by atoms with van der Waals surface area (Å²) in [7, 11) is 0. The average Bonchev–Trinajstić information content (AvgIpc) is 2.89. The van der Waals surface area contributed by atoms with E-state index in [4.69, 9.17) is 0 Å². The zero-order valence-electron chi connectivity index (χ0n) is 16.1. The van der Waals surface area contributed by atoms with Gasteiger partial charge < -0.3 is 14.4 Å². The molecule has 8 heteroatoms. The molecule has 1 aliphatic heterocycles. The van der Waals surface area contributed by atoms with Crippen molar-refractivity contribution in [3.05, 3.63) is 34.2 Å². The number of carbonyl (C=O) groups excluding carboxylic acids is 1. The molecule has 0 unspecified atom stereocenters. The Labute approximate surface area is 163 Å². The first-order chi connectivity index (χ1) is 13.3. The molecule has 1 saturated heterocycles. The standard InChI is InChI=1S/C20H28F3N3O2/c21-20(22,23)17-8-4-10-26(19(17)28)15-18(27)25-11-5-9-24(12-13-25)14-16-6-2-1-3-7-16/h4,8,10,16H,1-3,5-7,9,11-15H2. The molecule has 1 saturated carbocycles. The van der Waals surface area contributed by atoms with Crippen LogP contribution in [0, 0.1) is 5.92 Å². The van der Waals surface area contributed by atoms with E-state index in [2.05, 4.69) is 4.90 Å². The van der Waals surface area contributed by atoms with E-state index in [1.807, 2.05) is 0 Å². The number of nitrogens with zero attached hydrogens (tertiary/aromatic N) is 3. The van der Waals surface area contributed by atoms with Gasteiger partial charge in [-0.2, -0.15) is 13.2 Å². The maximum absolute atomic E-state index is 12.9. The predicted octanol–water partition coefficient (Wildman–Crippen LogP) is 2.98. The summed E-state index contributed by atoms with van der Waals surface area (Å²) in [6.07, 6.45) is 3.84. The van der Waals surface area contributed by atoms with Gasteiger partial charge in [0, 0.05) is 32.4 Å². The van der Waals surface area contributed by atoms with E-state index in [1.54, 1.807) is 4.90 Å².